The molecule has 1 heterocycles. The van der Waals surface area contributed by atoms with E-state index in [1.807, 2.05) is 0 Å². The van der Waals surface area contributed by atoms with Crippen LogP contribution < -0.4 is 5.32 Å². The van der Waals surface area contributed by atoms with E-state index >= 15 is 0 Å². The van der Waals surface area contributed by atoms with Crippen LogP contribution in [-0.4, -0.2) is 30.9 Å². The molecule has 0 unspecified atom stereocenters. The molecule has 1 atom stereocenters. The molecule has 1 aromatic carbocycles. The smallest absolute Gasteiger partial charge is 0.243 e. The van der Waals surface area contributed by atoms with Gasteiger partial charge < -0.3 is 5.32 Å². The van der Waals surface area contributed by atoms with E-state index < -0.39 is 15.2 Å². The van der Waals surface area contributed by atoms with Crippen LogP contribution in [0.5, 0.6) is 0 Å². The lowest BCUT2D eigenvalue weighted by molar-refractivity contribution is -0.115. The molecule has 5 nitrogen and oxygen atoms in total. The van der Waals surface area contributed by atoms with E-state index in [-0.39, 0.29) is 10.8 Å². The summed E-state index contributed by atoms with van der Waals surface area (Å²) in [6, 6.07) is 4.68. The van der Waals surface area contributed by atoms with Crippen LogP contribution in [-0.2, 0) is 14.6 Å². The average Bonchev–Trinajstić information content (AvgIpc) is 2.68. The van der Waals surface area contributed by atoms with Gasteiger partial charge in [0.25, 0.3) is 0 Å². The molecule has 102 valence electrons. The number of carbonyl (C=O) groups is 1. The summed E-state index contributed by atoms with van der Waals surface area (Å²) in [6.07, 6.45) is 1.14. The number of hydrogen-bond donors (Lipinski definition) is 1. The molecule has 0 radical (unpaired) electrons. The number of sulfone groups is 1. The van der Waals surface area contributed by atoms with Gasteiger partial charge in [0.15, 0.2) is 15.0 Å². The van der Waals surface area contributed by atoms with E-state index in [2.05, 4.69) is 10.3 Å². The minimum absolute atomic E-state index is 0.203. The number of benzene rings is 1. The molecule has 8 heteroatoms. The highest BCUT2D eigenvalue weighted by molar-refractivity contribution is 7.90. The Morgan fingerprint density at radius 1 is 1.47 bits per heavy atom. The molecule has 0 saturated carbocycles. The molecule has 19 heavy (non-hydrogen) atoms. The Hall–Kier alpha value is -1.18. The van der Waals surface area contributed by atoms with Gasteiger partial charge in [-0.2, -0.15) is 0 Å². The molecule has 2 rings (SSSR count). The number of thiazole rings is 1. The zero-order valence-electron chi connectivity index (χ0n) is 10.2. The number of anilines is 1. The molecule has 1 amide bonds. The lowest BCUT2D eigenvalue weighted by Gasteiger charge is -2.01. The summed E-state index contributed by atoms with van der Waals surface area (Å²) in [5, 5.41) is 2.32. The Bertz CT molecular complexity index is 737. The highest BCUT2D eigenvalue weighted by Gasteiger charge is 2.14. The Labute approximate surface area is 119 Å². The highest BCUT2D eigenvalue weighted by Crippen LogP contribution is 2.28. The number of aromatic nitrogens is 1. The molecule has 1 aromatic heterocycles. The number of nitrogens with one attached hydrogen (secondary N) is 1. The SMILES string of the molecule is C[C@H](Cl)C(=O)Nc1nc2cc(S(C)(=O)=O)ccc2s1. The summed E-state index contributed by atoms with van der Waals surface area (Å²) in [7, 11) is -3.27. The van der Waals surface area contributed by atoms with Crippen molar-refractivity contribution in [3.05, 3.63) is 18.2 Å². The maximum atomic E-state index is 11.4. The van der Waals surface area contributed by atoms with E-state index in [4.69, 9.17) is 11.6 Å². The summed E-state index contributed by atoms with van der Waals surface area (Å²) in [5.74, 6) is -0.343. The van der Waals surface area contributed by atoms with Gasteiger partial charge in [0.05, 0.1) is 15.1 Å². The number of alkyl halides is 1. The van der Waals surface area contributed by atoms with Gasteiger partial charge in [-0.05, 0) is 25.1 Å². The third-order valence-corrected chi connectivity index (χ3v) is 4.64. The summed E-state index contributed by atoms with van der Waals surface area (Å²) in [6.45, 7) is 1.56. The van der Waals surface area contributed by atoms with Crippen molar-refractivity contribution >= 4 is 54.0 Å². The molecule has 0 aliphatic carbocycles. The minimum atomic E-state index is -3.27. The zero-order chi connectivity index (χ0) is 14.2. The second kappa shape index (κ2) is 5.07. The third-order valence-electron chi connectivity index (χ3n) is 2.38. The molecule has 1 N–H and O–H groups in total. The largest absolute Gasteiger partial charge is 0.301 e. The quantitative estimate of drug-likeness (QED) is 0.881. The second-order valence-electron chi connectivity index (χ2n) is 4.03. The van der Waals surface area contributed by atoms with Crippen molar-refractivity contribution in [1.82, 2.24) is 4.98 Å². The lowest BCUT2D eigenvalue weighted by atomic mass is 10.3. The third kappa shape index (κ3) is 3.23. The molecule has 0 bridgehead atoms. The van der Waals surface area contributed by atoms with Crippen LogP contribution in [0.25, 0.3) is 10.2 Å². The Kier molecular flexibility index (Phi) is 3.80. The van der Waals surface area contributed by atoms with Crippen molar-refractivity contribution in [3.8, 4) is 0 Å². The first-order valence-corrected chi connectivity index (χ1v) is 8.47. The van der Waals surface area contributed by atoms with Gasteiger partial charge in [-0.3, -0.25) is 4.79 Å². The maximum Gasteiger partial charge on any atom is 0.243 e. The summed E-state index contributed by atoms with van der Waals surface area (Å²) in [4.78, 5) is 15.8. The van der Waals surface area contributed by atoms with Crippen LogP contribution in [0.15, 0.2) is 23.1 Å². The average molecular weight is 319 g/mol. The van der Waals surface area contributed by atoms with E-state index in [0.29, 0.717) is 10.6 Å². The Morgan fingerprint density at radius 3 is 2.74 bits per heavy atom. The van der Waals surface area contributed by atoms with E-state index in [1.165, 1.54) is 23.5 Å². The monoisotopic (exact) mass is 318 g/mol. The topological polar surface area (TPSA) is 76.1 Å². The molecule has 0 spiro atoms. The van der Waals surface area contributed by atoms with Crippen LogP contribution in [0.1, 0.15) is 6.92 Å². The minimum Gasteiger partial charge on any atom is -0.301 e. The normalized spacial score (nSPS) is 13.4. The number of fused-ring (bicyclic) bond motifs is 1. The van der Waals surface area contributed by atoms with Crippen molar-refractivity contribution < 1.29 is 13.2 Å². The first-order valence-electron chi connectivity index (χ1n) is 5.33. The second-order valence-corrected chi connectivity index (χ2v) is 7.73. The number of amides is 1. The Balaban J connectivity index is 2.39. The van der Waals surface area contributed by atoms with Gasteiger partial charge in [-0.1, -0.05) is 11.3 Å². The molecule has 0 fully saturated rings. The van der Waals surface area contributed by atoms with Gasteiger partial charge in [-0.15, -0.1) is 11.6 Å². The predicted molar refractivity (Wildman–Crippen MR) is 76.7 cm³/mol. The van der Waals surface area contributed by atoms with Crippen LogP contribution in [0.3, 0.4) is 0 Å². The molecular formula is C11H11ClN2O3S2. The van der Waals surface area contributed by atoms with Gasteiger partial charge in [0.1, 0.15) is 5.38 Å². The van der Waals surface area contributed by atoms with E-state index in [0.717, 1.165) is 11.0 Å². The van der Waals surface area contributed by atoms with Crippen LogP contribution in [0, 0.1) is 0 Å². The molecular weight excluding hydrogens is 308 g/mol. The number of carbonyl (C=O) groups excluding carboxylic acids is 1. The van der Waals surface area contributed by atoms with E-state index in [9.17, 15) is 13.2 Å². The predicted octanol–water partition coefficient (Wildman–Crippen LogP) is 2.27. The van der Waals surface area contributed by atoms with Gasteiger partial charge in [-0.25, -0.2) is 13.4 Å². The fourth-order valence-electron chi connectivity index (χ4n) is 1.40. The fourth-order valence-corrected chi connectivity index (χ4v) is 2.94. The zero-order valence-corrected chi connectivity index (χ0v) is 12.6. The van der Waals surface area contributed by atoms with Crippen molar-refractivity contribution in [2.24, 2.45) is 0 Å². The number of halogens is 1. The first-order chi connectivity index (χ1) is 8.77. The number of rotatable bonds is 3. The molecule has 0 saturated heterocycles. The van der Waals surface area contributed by atoms with Crippen molar-refractivity contribution in [2.75, 3.05) is 11.6 Å². The first kappa shape index (κ1) is 14.2. The van der Waals surface area contributed by atoms with Crippen molar-refractivity contribution in [1.29, 1.82) is 0 Å². The number of hydrogen-bond acceptors (Lipinski definition) is 5. The standard InChI is InChI=1S/C11H11ClN2O3S2/c1-6(12)10(15)14-11-13-8-5-7(19(2,16)17)3-4-9(8)18-11/h3-6H,1-2H3,(H,13,14,15)/t6-/m0/s1. The van der Waals surface area contributed by atoms with Crippen LogP contribution >= 0.6 is 22.9 Å². The maximum absolute atomic E-state index is 11.4. The van der Waals surface area contributed by atoms with Gasteiger partial charge in [0, 0.05) is 6.26 Å². The van der Waals surface area contributed by atoms with Crippen LogP contribution in [0.2, 0.25) is 0 Å². The number of nitrogens with zero attached hydrogens (tertiary/aromatic N) is 1. The van der Waals surface area contributed by atoms with E-state index in [1.54, 1.807) is 13.0 Å². The summed E-state index contributed by atoms with van der Waals surface area (Å²) in [5.41, 5.74) is 0.533. The van der Waals surface area contributed by atoms with Crippen molar-refractivity contribution in [3.63, 3.8) is 0 Å². The Morgan fingerprint density at radius 2 is 2.16 bits per heavy atom. The van der Waals surface area contributed by atoms with Gasteiger partial charge in [0.2, 0.25) is 5.91 Å². The molecule has 2 aromatic rings. The summed E-state index contributed by atoms with van der Waals surface area (Å²) < 4.78 is 23.7. The lowest BCUT2D eigenvalue weighted by Crippen LogP contribution is -2.19. The van der Waals surface area contributed by atoms with Gasteiger partial charge >= 0.3 is 0 Å². The highest BCUT2D eigenvalue weighted by atomic mass is 35.5. The molecule has 0 aliphatic rings. The van der Waals surface area contributed by atoms with Crippen LogP contribution in [0.4, 0.5) is 5.13 Å². The van der Waals surface area contributed by atoms with Crippen molar-refractivity contribution in [2.45, 2.75) is 17.2 Å². The molecule has 0 aliphatic heterocycles. The fraction of sp³-hybridized carbons (Fsp3) is 0.273. The summed E-state index contributed by atoms with van der Waals surface area (Å²) >= 11 is 6.91.